The molecule has 1 aromatic carbocycles. The molecule has 2 aromatic rings. The number of hydrogen-bond acceptors (Lipinski definition) is 9. The fraction of sp³-hybridized carbons (Fsp3) is 0.368. The summed E-state index contributed by atoms with van der Waals surface area (Å²) in [4.78, 5) is 25.1. The minimum absolute atomic E-state index is 0.00890. The van der Waals surface area contributed by atoms with Gasteiger partial charge in [-0.15, -0.1) is 0 Å². The van der Waals surface area contributed by atoms with E-state index in [0.717, 1.165) is 0 Å². The maximum Gasteiger partial charge on any atom is 0.348 e. The van der Waals surface area contributed by atoms with Gasteiger partial charge in [-0.2, -0.15) is 0 Å². The van der Waals surface area contributed by atoms with Gasteiger partial charge >= 0.3 is 11.6 Å². The number of esters is 1. The Kier molecular flexibility index (Phi) is 4.29. The van der Waals surface area contributed by atoms with Crippen molar-refractivity contribution in [2.24, 2.45) is 0 Å². The molecule has 0 fully saturated rings. The molecule has 2 atom stereocenters. The minimum atomic E-state index is -1.11. The third kappa shape index (κ3) is 2.54. The highest BCUT2D eigenvalue weighted by atomic mass is 16.7. The molecular weight excluding hydrogens is 372 g/mol. The normalized spacial score (nSPS) is 19.0. The Morgan fingerprint density at radius 2 is 1.86 bits per heavy atom. The zero-order valence-electron chi connectivity index (χ0n) is 15.7. The fourth-order valence-electron chi connectivity index (χ4n) is 3.57. The molecule has 0 bridgehead atoms. The molecular formula is C19H18O9. The molecule has 148 valence electrons. The molecule has 0 radical (unpaired) electrons. The molecule has 2 aliphatic heterocycles. The third-order valence-electron chi connectivity index (χ3n) is 4.73. The second-order valence-electron chi connectivity index (χ2n) is 6.23. The first-order valence-electron chi connectivity index (χ1n) is 8.43. The van der Waals surface area contributed by atoms with Gasteiger partial charge in [-0.05, 0) is 13.0 Å². The molecule has 3 heterocycles. The summed E-state index contributed by atoms with van der Waals surface area (Å²) in [6.07, 6.45) is -1.11. The Morgan fingerprint density at radius 1 is 1.11 bits per heavy atom. The van der Waals surface area contributed by atoms with E-state index in [1.165, 1.54) is 21.3 Å². The van der Waals surface area contributed by atoms with Crippen molar-refractivity contribution in [1.29, 1.82) is 0 Å². The predicted octanol–water partition coefficient (Wildman–Crippen LogP) is 1.76. The number of carbonyl (C=O) groups is 1. The summed E-state index contributed by atoms with van der Waals surface area (Å²) in [5.41, 5.74) is 0.0409. The van der Waals surface area contributed by atoms with Crippen molar-refractivity contribution in [3.63, 3.8) is 0 Å². The van der Waals surface area contributed by atoms with Crippen LogP contribution in [0.5, 0.6) is 28.7 Å². The number of fused-ring (bicyclic) bond motifs is 2. The maximum atomic E-state index is 12.6. The van der Waals surface area contributed by atoms with Crippen LogP contribution >= 0.6 is 0 Å². The molecule has 28 heavy (non-hydrogen) atoms. The van der Waals surface area contributed by atoms with Gasteiger partial charge in [0, 0.05) is 11.6 Å². The molecule has 0 spiro atoms. The van der Waals surface area contributed by atoms with Crippen molar-refractivity contribution in [2.45, 2.75) is 18.9 Å². The van der Waals surface area contributed by atoms with Crippen LogP contribution < -0.4 is 29.3 Å². The molecule has 0 N–H and O–H groups in total. The van der Waals surface area contributed by atoms with E-state index in [4.69, 9.17) is 32.8 Å². The summed E-state index contributed by atoms with van der Waals surface area (Å²) in [5, 5.41) is 0. The zero-order valence-corrected chi connectivity index (χ0v) is 15.7. The van der Waals surface area contributed by atoms with Crippen LogP contribution in [0.1, 0.15) is 22.8 Å². The maximum absolute atomic E-state index is 12.6. The van der Waals surface area contributed by atoms with Crippen molar-refractivity contribution < 1.29 is 37.6 Å². The highest BCUT2D eigenvalue weighted by Crippen LogP contribution is 2.54. The third-order valence-corrected chi connectivity index (χ3v) is 4.73. The first-order valence-corrected chi connectivity index (χ1v) is 8.43. The Morgan fingerprint density at radius 3 is 2.54 bits per heavy atom. The SMILES string of the molecule is COC(=O)[C@H]1Oc2cc(C)oc(=O)c2[C@H]1c1cc(OC)c2c(c1OC)OCO2. The van der Waals surface area contributed by atoms with Crippen LogP contribution in [-0.2, 0) is 9.53 Å². The van der Waals surface area contributed by atoms with Gasteiger partial charge in [-0.25, -0.2) is 9.59 Å². The van der Waals surface area contributed by atoms with Crippen LogP contribution in [-0.4, -0.2) is 40.2 Å². The quantitative estimate of drug-likeness (QED) is 0.723. The lowest BCUT2D eigenvalue weighted by atomic mass is 9.87. The molecule has 0 unspecified atom stereocenters. The van der Waals surface area contributed by atoms with Crippen LogP contribution in [0.15, 0.2) is 21.3 Å². The fourth-order valence-corrected chi connectivity index (χ4v) is 3.57. The van der Waals surface area contributed by atoms with Gasteiger partial charge in [0.1, 0.15) is 11.5 Å². The minimum Gasteiger partial charge on any atom is -0.493 e. The smallest absolute Gasteiger partial charge is 0.348 e. The molecule has 0 saturated carbocycles. The zero-order chi connectivity index (χ0) is 20.0. The average Bonchev–Trinajstić information content (AvgIpc) is 3.30. The van der Waals surface area contributed by atoms with E-state index in [-0.39, 0.29) is 18.1 Å². The Hall–Kier alpha value is -3.36. The number of hydrogen-bond donors (Lipinski definition) is 0. The number of carbonyl (C=O) groups excluding carboxylic acids is 1. The summed E-state index contributed by atoms with van der Waals surface area (Å²) < 4.78 is 37.8. The van der Waals surface area contributed by atoms with Gasteiger partial charge in [-0.3, -0.25) is 0 Å². The van der Waals surface area contributed by atoms with E-state index in [9.17, 15) is 9.59 Å². The monoisotopic (exact) mass is 390 g/mol. The first-order chi connectivity index (χ1) is 13.5. The molecule has 0 aliphatic carbocycles. The van der Waals surface area contributed by atoms with Crippen molar-refractivity contribution in [1.82, 2.24) is 0 Å². The molecule has 9 nitrogen and oxygen atoms in total. The van der Waals surface area contributed by atoms with Gasteiger partial charge in [0.25, 0.3) is 0 Å². The van der Waals surface area contributed by atoms with E-state index < -0.39 is 23.6 Å². The van der Waals surface area contributed by atoms with E-state index in [1.807, 2.05) is 0 Å². The van der Waals surface area contributed by atoms with E-state index in [2.05, 4.69) is 0 Å². The lowest BCUT2D eigenvalue weighted by Crippen LogP contribution is -2.32. The summed E-state index contributed by atoms with van der Waals surface area (Å²) in [6.45, 7) is 1.61. The topological polar surface area (TPSA) is 103 Å². The number of benzene rings is 1. The Bertz CT molecular complexity index is 1010. The summed E-state index contributed by atoms with van der Waals surface area (Å²) in [7, 11) is 4.17. The Labute approximate surface area is 159 Å². The number of ether oxygens (including phenoxy) is 6. The lowest BCUT2D eigenvalue weighted by molar-refractivity contribution is -0.148. The van der Waals surface area contributed by atoms with Crippen molar-refractivity contribution in [2.75, 3.05) is 28.1 Å². The first kappa shape index (κ1) is 18.0. The highest BCUT2D eigenvalue weighted by molar-refractivity contribution is 5.80. The summed E-state index contributed by atoms with van der Waals surface area (Å²) in [6, 6.07) is 3.19. The molecule has 2 aliphatic rings. The number of methoxy groups -OCH3 is 3. The van der Waals surface area contributed by atoms with Gasteiger partial charge in [0.15, 0.2) is 11.5 Å². The second-order valence-corrected chi connectivity index (χ2v) is 6.23. The summed E-state index contributed by atoms with van der Waals surface area (Å²) >= 11 is 0. The molecule has 4 rings (SSSR count). The van der Waals surface area contributed by atoms with Crippen LogP contribution in [0.25, 0.3) is 0 Å². The molecule has 0 saturated heterocycles. The van der Waals surface area contributed by atoms with Crippen LogP contribution in [0, 0.1) is 6.92 Å². The van der Waals surface area contributed by atoms with E-state index in [0.29, 0.717) is 34.3 Å². The molecule has 0 amide bonds. The van der Waals surface area contributed by atoms with Crippen LogP contribution in [0.3, 0.4) is 0 Å². The van der Waals surface area contributed by atoms with Crippen LogP contribution in [0.4, 0.5) is 0 Å². The van der Waals surface area contributed by atoms with Crippen molar-refractivity contribution in [3.8, 4) is 28.7 Å². The molecule has 1 aromatic heterocycles. The standard InChI is InChI=1S/C19H18O9/c1-8-5-10-13(18(20)27-8)12(16(28-10)19(21)24-4)9-6-11(22-2)15-17(14(9)23-3)26-7-25-15/h5-6,12,16H,7H2,1-4H3/t12-,16+/m1/s1. The van der Waals surface area contributed by atoms with Gasteiger partial charge in [0.05, 0.1) is 32.8 Å². The van der Waals surface area contributed by atoms with E-state index in [1.54, 1.807) is 19.1 Å². The molecule has 9 heteroatoms. The van der Waals surface area contributed by atoms with Gasteiger partial charge in [0.2, 0.25) is 24.4 Å². The predicted molar refractivity (Wildman–Crippen MR) is 93.7 cm³/mol. The van der Waals surface area contributed by atoms with Crippen molar-refractivity contribution >= 4 is 5.97 Å². The van der Waals surface area contributed by atoms with Crippen molar-refractivity contribution in [3.05, 3.63) is 39.4 Å². The average molecular weight is 390 g/mol. The highest BCUT2D eigenvalue weighted by Gasteiger charge is 2.46. The number of rotatable bonds is 4. The van der Waals surface area contributed by atoms with Crippen LogP contribution in [0.2, 0.25) is 0 Å². The van der Waals surface area contributed by atoms with Gasteiger partial charge < -0.3 is 32.8 Å². The number of aryl methyl sites for hydroxylation is 1. The lowest BCUT2D eigenvalue weighted by Gasteiger charge is -2.21. The largest absolute Gasteiger partial charge is 0.493 e. The Balaban J connectivity index is 1.99. The van der Waals surface area contributed by atoms with E-state index >= 15 is 0 Å². The van der Waals surface area contributed by atoms with Gasteiger partial charge in [-0.1, -0.05) is 0 Å². The second kappa shape index (κ2) is 6.66. The summed E-state index contributed by atoms with van der Waals surface area (Å²) in [5.74, 6) is 0.518.